The molecule has 2 fully saturated rings. The summed E-state index contributed by atoms with van der Waals surface area (Å²) in [5, 5.41) is 0. The standard InChI is InChI=1S/C60H62O10/c1-8-22-45(23-9-1)36-61-43-52-54(63-38-47-26-12-3-13-27-47)56(65-40-49-30-16-5-17-31-49)58(67-42-51-34-20-7-21-35-51)60(68-52)70-59-57(66-41-50-32-18-6-19-33-50)55(64-39-48-28-14-4-15-29-48)53(69-59)44-62-37-46-24-10-2-11-25-46/h1-35,52-60H,36-44H2/t52-,53-,54-,55-,56+,57+,58-,59+,60-/m1/s1. The van der Waals surface area contributed by atoms with Crippen LogP contribution in [0.25, 0.3) is 0 Å². The first kappa shape index (κ1) is 49.1. The van der Waals surface area contributed by atoms with E-state index in [0.717, 1.165) is 38.9 Å². The van der Waals surface area contributed by atoms with E-state index < -0.39 is 55.3 Å². The van der Waals surface area contributed by atoms with Crippen LogP contribution < -0.4 is 0 Å². The first-order chi connectivity index (χ1) is 34.7. The highest BCUT2D eigenvalue weighted by Crippen LogP contribution is 2.36. The Labute approximate surface area is 411 Å². The summed E-state index contributed by atoms with van der Waals surface area (Å²) in [6.07, 6.45) is -6.83. The van der Waals surface area contributed by atoms with E-state index in [1.165, 1.54) is 0 Å². The normalized spacial score (nSPS) is 23.3. The molecule has 0 spiro atoms. The highest BCUT2D eigenvalue weighted by Gasteiger charge is 2.54. The molecule has 2 saturated heterocycles. The molecule has 0 amide bonds. The summed E-state index contributed by atoms with van der Waals surface area (Å²) in [5.41, 5.74) is 7.07. The van der Waals surface area contributed by atoms with Crippen LogP contribution in [0.15, 0.2) is 212 Å². The van der Waals surface area contributed by atoms with Crippen LogP contribution in [0.1, 0.15) is 38.9 Å². The van der Waals surface area contributed by atoms with Crippen LogP contribution in [-0.2, 0) is 93.6 Å². The molecule has 0 N–H and O–H groups in total. The molecule has 0 saturated carbocycles. The van der Waals surface area contributed by atoms with E-state index in [9.17, 15) is 0 Å². The van der Waals surface area contributed by atoms with Gasteiger partial charge in [0.15, 0.2) is 12.6 Å². The van der Waals surface area contributed by atoms with Crippen molar-refractivity contribution in [1.82, 2.24) is 0 Å². The summed E-state index contributed by atoms with van der Waals surface area (Å²) < 4.78 is 68.8. The van der Waals surface area contributed by atoms with Gasteiger partial charge in [0.1, 0.15) is 42.7 Å². The first-order valence-electron chi connectivity index (χ1n) is 24.2. The molecule has 9 atom stereocenters. The van der Waals surface area contributed by atoms with Crippen molar-refractivity contribution in [2.24, 2.45) is 0 Å². The van der Waals surface area contributed by atoms with E-state index in [-0.39, 0.29) is 33.0 Å². The SMILES string of the molecule is c1ccc(COC[C@H]2O[C@H](O[C@@H]3O[C@H](COCc4ccccc4)[C@@H](OCc4ccccc4)[C@@H]3OCc3ccccc3)[C@H](OCc3ccccc3)[C@@H](OCc3ccccc3)[C@@H]2OCc2ccccc2)cc1. The monoisotopic (exact) mass is 942 g/mol. The second-order valence-electron chi connectivity index (χ2n) is 17.5. The van der Waals surface area contributed by atoms with E-state index in [4.69, 9.17) is 47.4 Å². The van der Waals surface area contributed by atoms with Crippen LogP contribution in [0.4, 0.5) is 0 Å². The molecule has 9 rings (SSSR count). The third-order valence-corrected chi connectivity index (χ3v) is 12.3. The maximum absolute atomic E-state index is 7.20. The lowest BCUT2D eigenvalue weighted by atomic mass is 9.97. The van der Waals surface area contributed by atoms with E-state index in [1.807, 2.05) is 212 Å². The van der Waals surface area contributed by atoms with Crippen LogP contribution in [0.2, 0.25) is 0 Å². The van der Waals surface area contributed by atoms with Crippen LogP contribution in [0.3, 0.4) is 0 Å². The average molecular weight is 943 g/mol. The van der Waals surface area contributed by atoms with Gasteiger partial charge in [-0.1, -0.05) is 212 Å². The predicted molar refractivity (Wildman–Crippen MR) is 266 cm³/mol. The zero-order chi connectivity index (χ0) is 47.4. The third-order valence-electron chi connectivity index (χ3n) is 12.3. The summed E-state index contributed by atoms with van der Waals surface area (Å²) in [4.78, 5) is 0. The van der Waals surface area contributed by atoms with Gasteiger partial charge in [0, 0.05) is 0 Å². The lowest BCUT2D eigenvalue weighted by Gasteiger charge is -2.46. The van der Waals surface area contributed by atoms with Gasteiger partial charge in [-0.2, -0.15) is 0 Å². The fraction of sp³-hybridized carbons (Fsp3) is 0.300. The molecular formula is C60H62O10. The Balaban J connectivity index is 1.06. The summed E-state index contributed by atoms with van der Waals surface area (Å²) in [6.45, 7) is 2.59. The predicted octanol–water partition coefficient (Wildman–Crippen LogP) is 10.8. The highest BCUT2D eigenvalue weighted by atomic mass is 16.8. The van der Waals surface area contributed by atoms with Gasteiger partial charge in [-0.05, 0) is 38.9 Å². The zero-order valence-electron chi connectivity index (χ0n) is 39.3. The lowest BCUT2D eigenvalue weighted by Crippen LogP contribution is -2.62. The van der Waals surface area contributed by atoms with Gasteiger partial charge in [0.05, 0.1) is 59.5 Å². The van der Waals surface area contributed by atoms with Crippen molar-refractivity contribution < 1.29 is 47.4 Å². The minimum absolute atomic E-state index is 0.170. The molecule has 0 radical (unpaired) electrons. The van der Waals surface area contributed by atoms with Gasteiger partial charge in [-0.3, -0.25) is 0 Å². The molecule has 7 aromatic carbocycles. The van der Waals surface area contributed by atoms with Crippen LogP contribution in [0.5, 0.6) is 0 Å². The van der Waals surface area contributed by atoms with Crippen LogP contribution in [0, 0.1) is 0 Å². The third kappa shape index (κ3) is 14.4. The van der Waals surface area contributed by atoms with Gasteiger partial charge in [-0.15, -0.1) is 0 Å². The second kappa shape index (κ2) is 26.4. The smallest absolute Gasteiger partial charge is 0.190 e. The van der Waals surface area contributed by atoms with E-state index >= 15 is 0 Å². The van der Waals surface area contributed by atoms with Crippen LogP contribution >= 0.6 is 0 Å². The van der Waals surface area contributed by atoms with E-state index in [1.54, 1.807) is 0 Å². The number of hydrogen-bond acceptors (Lipinski definition) is 10. The van der Waals surface area contributed by atoms with E-state index in [2.05, 4.69) is 0 Å². The Morgan fingerprint density at radius 3 is 0.786 bits per heavy atom. The molecule has 70 heavy (non-hydrogen) atoms. The van der Waals surface area contributed by atoms with Crippen molar-refractivity contribution in [2.75, 3.05) is 13.2 Å². The quantitative estimate of drug-likeness (QED) is 0.0552. The summed E-state index contributed by atoms with van der Waals surface area (Å²) in [5.74, 6) is 0. The lowest BCUT2D eigenvalue weighted by molar-refractivity contribution is -0.361. The Morgan fingerprint density at radius 2 is 0.486 bits per heavy atom. The van der Waals surface area contributed by atoms with Crippen molar-refractivity contribution in [3.05, 3.63) is 251 Å². The second-order valence-corrected chi connectivity index (χ2v) is 17.5. The number of benzene rings is 7. The van der Waals surface area contributed by atoms with Crippen LogP contribution in [-0.4, -0.2) is 68.5 Å². The molecule has 0 aromatic heterocycles. The van der Waals surface area contributed by atoms with Crippen molar-refractivity contribution >= 4 is 0 Å². The molecular weight excluding hydrogens is 881 g/mol. The molecule has 0 unspecified atom stereocenters. The first-order valence-corrected chi connectivity index (χ1v) is 24.2. The van der Waals surface area contributed by atoms with E-state index in [0.29, 0.717) is 26.4 Å². The zero-order valence-corrected chi connectivity index (χ0v) is 39.3. The Morgan fingerprint density at radius 1 is 0.257 bits per heavy atom. The summed E-state index contributed by atoms with van der Waals surface area (Å²) >= 11 is 0. The minimum atomic E-state index is -1.06. The summed E-state index contributed by atoms with van der Waals surface area (Å²) in [7, 11) is 0. The topological polar surface area (TPSA) is 92.3 Å². The Hall–Kier alpha value is -5.86. The molecule has 2 aliphatic heterocycles. The largest absolute Gasteiger partial charge is 0.374 e. The number of rotatable bonds is 25. The van der Waals surface area contributed by atoms with Gasteiger partial charge < -0.3 is 47.4 Å². The van der Waals surface area contributed by atoms with Gasteiger partial charge in [-0.25, -0.2) is 0 Å². The maximum atomic E-state index is 7.20. The fourth-order valence-electron chi connectivity index (χ4n) is 8.70. The van der Waals surface area contributed by atoms with Gasteiger partial charge in [0.25, 0.3) is 0 Å². The van der Waals surface area contributed by atoms with Gasteiger partial charge in [0.2, 0.25) is 0 Å². The average Bonchev–Trinajstić information content (AvgIpc) is 3.75. The minimum Gasteiger partial charge on any atom is -0.374 e. The number of ether oxygens (including phenoxy) is 10. The molecule has 0 aliphatic carbocycles. The molecule has 2 heterocycles. The van der Waals surface area contributed by atoms with Crippen molar-refractivity contribution in [1.29, 1.82) is 0 Å². The molecule has 10 heteroatoms. The molecule has 7 aromatic rings. The Bertz CT molecular complexity index is 2490. The highest BCUT2D eigenvalue weighted by molar-refractivity contribution is 5.19. The molecule has 0 bridgehead atoms. The molecule has 362 valence electrons. The fourth-order valence-corrected chi connectivity index (χ4v) is 8.70. The molecule has 10 nitrogen and oxygen atoms in total. The van der Waals surface area contributed by atoms with Crippen molar-refractivity contribution in [3.8, 4) is 0 Å². The maximum Gasteiger partial charge on any atom is 0.190 e. The van der Waals surface area contributed by atoms with Crippen molar-refractivity contribution in [2.45, 2.75) is 102 Å². The summed E-state index contributed by atoms with van der Waals surface area (Å²) in [6, 6.07) is 70.5. The van der Waals surface area contributed by atoms with Crippen molar-refractivity contribution in [3.63, 3.8) is 0 Å². The van der Waals surface area contributed by atoms with Gasteiger partial charge >= 0.3 is 0 Å². The number of hydrogen-bond donors (Lipinski definition) is 0. The Kier molecular flexibility index (Phi) is 18.5. The molecule has 2 aliphatic rings.